The normalized spacial score (nSPS) is 10.7. The summed E-state index contributed by atoms with van der Waals surface area (Å²) in [4.78, 5) is 0. The van der Waals surface area contributed by atoms with Gasteiger partial charge in [-0.15, -0.1) is 0 Å². The summed E-state index contributed by atoms with van der Waals surface area (Å²) in [6.45, 7) is 3.73. The van der Waals surface area contributed by atoms with Crippen LogP contribution in [-0.4, -0.2) is 6.54 Å². The Morgan fingerprint density at radius 2 is 1.81 bits per heavy atom. The van der Waals surface area contributed by atoms with Crippen molar-refractivity contribution in [3.8, 4) is 5.75 Å². The molecule has 0 radical (unpaired) electrons. The van der Waals surface area contributed by atoms with Gasteiger partial charge in [0.15, 0.2) is 11.6 Å². The van der Waals surface area contributed by atoms with Crippen molar-refractivity contribution in [2.45, 2.75) is 20.1 Å². The first-order chi connectivity index (χ1) is 10.1. The van der Waals surface area contributed by atoms with E-state index in [9.17, 15) is 4.39 Å². The van der Waals surface area contributed by atoms with Gasteiger partial charge in [0.05, 0.1) is 10.0 Å². The number of rotatable bonds is 6. The number of hydrogen-bond acceptors (Lipinski definition) is 2. The molecule has 2 rings (SSSR count). The summed E-state index contributed by atoms with van der Waals surface area (Å²) >= 11 is 11.8. The van der Waals surface area contributed by atoms with Gasteiger partial charge in [-0.3, -0.25) is 0 Å². The Bertz CT molecular complexity index is 619. The Kier molecular flexibility index (Phi) is 5.85. The van der Waals surface area contributed by atoms with E-state index in [-0.39, 0.29) is 18.2 Å². The topological polar surface area (TPSA) is 21.3 Å². The second-order valence-corrected chi connectivity index (χ2v) is 5.40. The molecule has 112 valence electrons. The summed E-state index contributed by atoms with van der Waals surface area (Å²) in [7, 11) is 0. The van der Waals surface area contributed by atoms with Gasteiger partial charge >= 0.3 is 0 Å². The maximum Gasteiger partial charge on any atom is 0.165 e. The van der Waals surface area contributed by atoms with E-state index in [4.69, 9.17) is 27.9 Å². The number of hydrogen-bond donors (Lipinski definition) is 1. The lowest BCUT2D eigenvalue weighted by atomic mass is 10.2. The molecule has 0 bridgehead atoms. The van der Waals surface area contributed by atoms with Crippen molar-refractivity contribution < 1.29 is 9.13 Å². The van der Waals surface area contributed by atoms with E-state index in [0.29, 0.717) is 16.6 Å². The van der Waals surface area contributed by atoms with Crippen molar-refractivity contribution in [1.82, 2.24) is 5.32 Å². The predicted octanol–water partition coefficient (Wildman–Crippen LogP) is 4.82. The van der Waals surface area contributed by atoms with Gasteiger partial charge in [0.1, 0.15) is 6.61 Å². The first kappa shape index (κ1) is 16.1. The quantitative estimate of drug-likeness (QED) is 0.821. The number of nitrogens with one attached hydrogen (secondary N) is 1. The summed E-state index contributed by atoms with van der Waals surface area (Å²) in [5, 5.41) is 4.09. The van der Waals surface area contributed by atoms with E-state index in [1.807, 2.05) is 13.0 Å². The lowest BCUT2D eigenvalue weighted by molar-refractivity contribution is 0.290. The first-order valence-corrected chi connectivity index (χ1v) is 7.41. The minimum absolute atomic E-state index is 0.223. The molecule has 5 heteroatoms. The molecule has 0 aliphatic heterocycles. The van der Waals surface area contributed by atoms with Crippen LogP contribution in [0.3, 0.4) is 0 Å². The molecule has 0 fully saturated rings. The highest BCUT2D eigenvalue weighted by Gasteiger charge is 2.06. The van der Waals surface area contributed by atoms with E-state index in [1.165, 1.54) is 6.07 Å². The van der Waals surface area contributed by atoms with Gasteiger partial charge in [-0.05, 0) is 41.9 Å². The molecule has 2 aromatic rings. The fourth-order valence-corrected chi connectivity index (χ4v) is 2.15. The Labute approximate surface area is 133 Å². The van der Waals surface area contributed by atoms with E-state index < -0.39 is 0 Å². The van der Waals surface area contributed by atoms with Crippen LogP contribution >= 0.6 is 23.2 Å². The maximum absolute atomic E-state index is 13.9. The number of halogens is 3. The smallest absolute Gasteiger partial charge is 0.165 e. The van der Waals surface area contributed by atoms with Gasteiger partial charge in [0.2, 0.25) is 0 Å². The van der Waals surface area contributed by atoms with E-state index in [2.05, 4.69) is 5.32 Å². The van der Waals surface area contributed by atoms with Gasteiger partial charge in [0, 0.05) is 6.54 Å². The molecule has 0 aliphatic carbocycles. The highest BCUT2D eigenvalue weighted by molar-refractivity contribution is 6.42. The van der Waals surface area contributed by atoms with Crippen molar-refractivity contribution >= 4 is 23.2 Å². The first-order valence-electron chi connectivity index (χ1n) is 6.66. The van der Waals surface area contributed by atoms with Crippen LogP contribution in [0.2, 0.25) is 10.0 Å². The molecule has 2 aromatic carbocycles. The van der Waals surface area contributed by atoms with Crippen molar-refractivity contribution in [3.63, 3.8) is 0 Å². The van der Waals surface area contributed by atoms with Crippen molar-refractivity contribution in [2.24, 2.45) is 0 Å². The van der Waals surface area contributed by atoms with Gasteiger partial charge < -0.3 is 10.1 Å². The zero-order chi connectivity index (χ0) is 15.2. The average molecular weight is 328 g/mol. The molecule has 21 heavy (non-hydrogen) atoms. The summed E-state index contributed by atoms with van der Waals surface area (Å²) in [5.41, 5.74) is 1.72. The monoisotopic (exact) mass is 327 g/mol. The van der Waals surface area contributed by atoms with E-state index in [0.717, 1.165) is 17.7 Å². The third kappa shape index (κ3) is 4.60. The molecular formula is C16H16Cl2FNO. The molecule has 0 saturated carbocycles. The van der Waals surface area contributed by atoms with Crippen LogP contribution < -0.4 is 10.1 Å². The SMILES string of the molecule is CCNCc1ccc(OCc2ccc(Cl)c(Cl)c2)c(F)c1. The van der Waals surface area contributed by atoms with Gasteiger partial charge in [-0.25, -0.2) is 4.39 Å². The molecule has 0 amide bonds. The maximum atomic E-state index is 13.9. The van der Waals surface area contributed by atoms with Crippen LogP contribution in [0.1, 0.15) is 18.1 Å². The number of ether oxygens (including phenoxy) is 1. The van der Waals surface area contributed by atoms with Gasteiger partial charge in [-0.1, -0.05) is 42.3 Å². The Balaban J connectivity index is 2.01. The predicted molar refractivity (Wildman–Crippen MR) is 84.6 cm³/mol. The van der Waals surface area contributed by atoms with Crippen LogP contribution in [0, 0.1) is 5.82 Å². The van der Waals surface area contributed by atoms with Crippen molar-refractivity contribution in [2.75, 3.05) is 6.54 Å². The molecule has 0 aliphatic rings. The molecule has 0 spiro atoms. The molecule has 0 aromatic heterocycles. The molecule has 0 unspecified atom stereocenters. The molecule has 2 nitrogen and oxygen atoms in total. The van der Waals surface area contributed by atoms with Crippen LogP contribution in [0.5, 0.6) is 5.75 Å². The third-order valence-corrected chi connectivity index (χ3v) is 3.69. The van der Waals surface area contributed by atoms with Crippen LogP contribution in [0.4, 0.5) is 4.39 Å². The van der Waals surface area contributed by atoms with Crippen LogP contribution in [0.25, 0.3) is 0 Å². The fourth-order valence-electron chi connectivity index (χ4n) is 1.83. The van der Waals surface area contributed by atoms with Gasteiger partial charge in [0.25, 0.3) is 0 Å². The second kappa shape index (κ2) is 7.64. The van der Waals surface area contributed by atoms with Crippen LogP contribution in [-0.2, 0) is 13.2 Å². The largest absolute Gasteiger partial charge is 0.486 e. The Morgan fingerprint density at radius 1 is 1.05 bits per heavy atom. The molecule has 1 N–H and O–H groups in total. The Hall–Kier alpha value is -1.29. The van der Waals surface area contributed by atoms with Crippen LogP contribution in [0.15, 0.2) is 36.4 Å². The van der Waals surface area contributed by atoms with E-state index in [1.54, 1.807) is 24.3 Å². The highest BCUT2D eigenvalue weighted by atomic mass is 35.5. The highest BCUT2D eigenvalue weighted by Crippen LogP contribution is 2.24. The molecular weight excluding hydrogens is 312 g/mol. The van der Waals surface area contributed by atoms with Crippen molar-refractivity contribution in [3.05, 3.63) is 63.4 Å². The van der Waals surface area contributed by atoms with E-state index >= 15 is 0 Å². The summed E-state index contributed by atoms with van der Waals surface area (Å²) in [6.07, 6.45) is 0. The Morgan fingerprint density at radius 3 is 2.48 bits per heavy atom. The molecule has 0 heterocycles. The minimum Gasteiger partial charge on any atom is -0.486 e. The molecule has 0 atom stereocenters. The zero-order valence-electron chi connectivity index (χ0n) is 11.6. The zero-order valence-corrected chi connectivity index (χ0v) is 13.1. The lowest BCUT2D eigenvalue weighted by Gasteiger charge is -2.09. The fraction of sp³-hybridized carbons (Fsp3) is 0.250. The number of benzene rings is 2. The third-order valence-electron chi connectivity index (χ3n) is 2.95. The summed E-state index contributed by atoms with van der Waals surface area (Å²) in [5.74, 6) is -0.146. The minimum atomic E-state index is -0.370. The lowest BCUT2D eigenvalue weighted by Crippen LogP contribution is -2.11. The molecule has 0 saturated heterocycles. The second-order valence-electron chi connectivity index (χ2n) is 4.58. The average Bonchev–Trinajstić information content (AvgIpc) is 2.47. The van der Waals surface area contributed by atoms with Gasteiger partial charge in [-0.2, -0.15) is 0 Å². The standard InChI is InChI=1S/C16H16Cl2FNO/c1-2-20-9-11-4-6-16(15(19)8-11)21-10-12-3-5-13(17)14(18)7-12/h3-8,20H,2,9-10H2,1H3. The van der Waals surface area contributed by atoms with Crippen molar-refractivity contribution in [1.29, 1.82) is 0 Å². The summed E-state index contributed by atoms with van der Waals surface area (Å²) < 4.78 is 19.4. The summed E-state index contributed by atoms with van der Waals surface area (Å²) in [6, 6.07) is 10.2.